The van der Waals surface area contributed by atoms with Gasteiger partial charge >= 0.3 is 0 Å². The third-order valence-corrected chi connectivity index (χ3v) is 2.67. The summed E-state index contributed by atoms with van der Waals surface area (Å²) in [5.74, 6) is 5.47. The molecule has 1 aliphatic rings. The standard InChI is InChI=1S/C11H13FN4O/c12-7-4-5-15-10(6-7)16(14)8-2-1-3-9(17)11(8)13/h4-6H,1-3,13-14H2. The van der Waals surface area contributed by atoms with Crippen molar-refractivity contribution in [2.24, 2.45) is 11.6 Å². The number of ketones is 1. The number of halogens is 1. The van der Waals surface area contributed by atoms with Gasteiger partial charge in [-0.25, -0.2) is 15.2 Å². The SMILES string of the molecule is NC1=C(N(N)c2cc(F)ccn2)CCCC1=O. The molecular formula is C11H13FN4O. The fourth-order valence-electron chi connectivity index (χ4n) is 1.76. The number of rotatable bonds is 2. The van der Waals surface area contributed by atoms with Crippen LogP contribution < -0.4 is 16.6 Å². The zero-order valence-electron chi connectivity index (χ0n) is 9.19. The van der Waals surface area contributed by atoms with Crippen LogP contribution in [-0.2, 0) is 4.79 Å². The van der Waals surface area contributed by atoms with Crippen LogP contribution in [0.25, 0.3) is 0 Å². The number of nitrogens with zero attached hydrogens (tertiary/aromatic N) is 2. The van der Waals surface area contributed by atoms with E-state index in [0.29, 0.717) is 25.0 Å². The third-order valence-electron chi connectivity index (χ3n) is 2.67. The Morgan fingerprint density at radius 3 is 2.88 bits per heavy atom. The van der Waals surface area contributed by atoms with Gasteiger partial charge in [-0.05, 0) is 18.9 Å². The van der Waals surface area contributed by atoms with Crippen molar-refractivity contribution in [2.75, 3.05) is 5.01 Å². The maximum absolute atomic E-state index is 13.0. The van der Waals surface area contributed by atoms with E-state index in [9.17, 15) is 9.18 Å². The van der Waals surface area contributed by atoms with Gasteiger partial charge in [0.25, 0.3) is 0 Å². The Bertz CT molecular complexity index is 486. The number of pyridine rings is 1. The summed E-state index contributed by atoms with van der Waals surface area (Å²) in [4.78, 5) is 15.4. The molecule has 2 rings (SSSR count). The maximum Gasteiger partial charge on any atom is 0.180 e. The van der Waals surface area contributed by atoms with Gasteiger partial charge in [-0.2, -0.15) is 0 Å². The Labute approximate surface area is 97.9 Å². The van der Waals surface area contributed by atoms with E-state index in [1.54, 1.807) is 0 Å². The van der Waals surface area contributed by atoms with Crippen LogP contribution in [-0.4, -0.2) is 10.8 Å². The van der Waals surface area contributed by atoms with Crippen molar-refractivity contribution in [3.05, 3.63) is 35.5 Å². The maximum atomic E-state index is 13.0. The molecule has 6 heteroatoms. The minimum Gasteiger partial charge on any atom is -0.394 e. The van der Waals surface area contributed by atoms with Crippen molar-refractivity contribution in [2.45, 2.75) is 19.3 Å². The molecule has 0 bridgehead atoms. The molecule has 0 unspecified atom stereocenters. The van der Waals surface area contributed by atoms with Gasteiger partial charge in [0.05, 0.1) is 11.4 Å². The molecule has 1 aromatic rings. The van der Waals surface area contributed by atoms with Crippen molar-refractivity contribution >= 4 is 11.6 Å². The number of anilines is 1. The highest BCUT2D eigenvalue weighted by Gasteiger charge is 2.22. The van der Waals surface area contributed by atoms with E-state index in [4.69, 9.17) is 11.6 Å². The van der Waals surface area contributed by atoms with Crippen LogP contribution in [0.1, 0.15) is 19.3 Å². The van der Waals surface area contributed by atoms with Crippen LogP contribution in [0.5, 0.6) is 0 Å². The predicted octanol–water partition coefficient (Wildman–Crippen LogP) is 0.824. The molecule has 4 N–H and O–H groups in total. The lowest BCUT2D eigenvalue weighted by Gasteiger charge is -2.25. The molecule has 0 saturated carbocycles. The molecule has 0 saturated heterocycles. The summed E-state index contributed by atoms with van der Waals surface area (Å²) >= 11 is 0. The summed E-state index contributed by atoms with van der Waals surface area (Å²) in [6, 6.07) is 2.42. The number of aromatic nitrogens is 1. The van der Waals surface area contributed by atoms with E-state index in [1.807, 2.05) is 0 Å². The average Bonchev–Trinajstić information content (AvgIpc) is 2.32. The molecule has 0 spiro atoms. The monoisotopic (exact) mass is 236 g/mol. The molecule has 0 atom stereocenters. The second-order valence-corrected chi connectivity index (χ2v) is 3.84. The van der Waals surface area contributed by atoms with Crippen molar-refractivity contribution in [3.8, 4) is 0 Å². The molecule has 17 heavy (non-hydrogen) atoms. The third kappa shape index (κ3) is 2.26. The summed E-state index contributed by atoms with van der Waals surface area (Å²) in [5, 5.41) is 1.18. The first kappa shape index (κ1) is 11.5. The number of hydrazine groups is 1. The Kier molecular flexibility index (Phi) is 3.06. The first-order valence-corrected chi connectivity index (χ1v) is 5.28. The fourth-order valence-corrected chi connectivity index (χ4v) is 1.76. The van der Waals surface area contributed by atoms with E-state index in [0.717, 1.165) is 0 Å². The smallest absolute Gasteiger partial charge is 0.180 e. The van der Waals surface area contributed by atoms with Crippen molar-refractivity contribution in [1.29, 1.82) is 0 Å². The van der Waals surface area contributed by atoms with Gasteiger partial charge in [0.1, 0.15) is 11.6 Å². The molecule has 0 aliphatic heterocycles. The van der Waals surface area contributed by atoms with Crippen LogP contribution in [0.4, 0.5) is 10.2 Å². The Morgan fingerprint density at radius 1 is 1.41 bits per heavy atom. The lowest BCUT2D eigenvalue weighted by atomic mass is 10.00. The fraction of sp³-hybridized carbons (Fsp3) is 0.273. The van der Waals surface area contributed by atoms with Crippen molar-refractivity contribution in [3.63, 3.8) is 0 Å². The van der Waals surface area contributed by atoms with Gasteiger partial charge in [0.2, 0.25) is 0 Å². The lowest BCUT2D eigenvalue weighted by Crippen LogP contribution is -2.36. The molecule has 1 aromatic heterocycles. The van der Waals surface area contributed by atoms with E-state index < -0.39 is 5.82 Å². The minimum atomic E-state index is -0.438. The molecule has 0 aromatic carbocycles. The van der Waals surface area contributed by atoms with Gasteiger partial charge < -0.3 is 5.73 Å². The van der Waals surface area contributed by atoms with Crippen LogP contribution >= 0.6 is 0 Å². The number of carbonyl (C=O) groups is 1. The number of Topliss-reactive ketones (excluding diaryl/α,β-unsaturated/α-hetero) is 1. The number of nitrogens with two attached hydrogens (primary N) is 2. The van der Waals surface area contributed by atoms with Crippen molar-refractivity contribution in [1.82, 2.24) is 4.98 Å². The second-order valence-electron chi connectivity index (χ2n) is 3.84. The predicted molar refractivity (Wildman–Crippen MR) is 60.9 cm³/mol. The van der Waals surface area contributed by atoms with Crippen molar-refractivity contribution < 1.29 is 9.18 Å². The van der Waals surface area contributed by atoms with Gasteiger partial charge in [0.15, 0.2) is 5.78 Å². The number of hydrogen-bond donors (Lipinski definition) is 2. The first-order valence-electron chi connectivity index (χ1n) is 5.28. The highest BCUT2D eigenvalue weighted by Crippen LogP contribution is 2.23. The molecule has 1 aliphatic carbocycles. The molecule has 1 heterocycles. The quantitative estimate of drug-likeness (QED) is 0.586. The zero-order chi connectivity index (χ0) is 12.4. The highest BCUT2D eigenvalue weighted by atomic mass is 19.1. The number of carbonyl (C=O) groups excluding carboxylic acids is 1. The van der Waals surface area contributed by atoms with Crippen LogP contribution in [0.15, 0.2) is 29.7 Å². The topological polar surface area (TPSA) is 85.2 Å². The van der Waals surface area contributed by atoms with Crippen LogP contribution in [0.3, 0.4) is 0 Å². The van der Waals surface area contributed by atoms with Gasteiger partial charge in [-0.3, -0.25) is 9.80 Å². The number of allylic oxidation sites excluding steroid dienone is 2. The highest BCUT2D eigenvalue weighted by molar-refractivity contribution is 5.96. The minimum absolute atomic E-state index is 0.127. The molecule has 0 fully saturated rings. The summed E-state index contributed by atoms with van der Waals surface area (Å²) in [6.45, 7) is 0. The number of hydrogen-bond acceptors (Lipinski definition) is 5. The Morgan fingerprint density at radius 2 is 2.18 bits per heavy atom. The second kappa shape index (κ2) is 4.50. The van der Waals surface area contributed by atoms with E-state index in [2.05, 4.69) is 4.98 Å². The summed E-state index contributed by atoms with van der Waals surface area (Å²) in [6.07, 6.45) is 3.02. The lowest BCUT2D eigenvalue weighted by molar-refractivity contribution is -0.116. The molecule has 0 radical (unpaired) electrons. The summed E-state index contributed by atoms with van der Waals surface area (Å²) in [7, 11) is 0. The largest absolute Gasteiger partial charge is 0.394 e. The van der Waals surface area contributed by atoms with Gasteiger partial charge in [0, 0.05) is 18.7 Å². The zero-order valence-corrected chi connectivity index (χ0v) is 9.19. The molecule has 5 nitrogen and oxygen atoms in total. The van der Waals surface area contributed by atoms with E-state index >= 15 is 0 Å². The molecule has 90 valence electrons. The molecular weight excluding hydrogens is 223 g/mol. The Balaban J connectivity index is 2.34. The van der Waals surface area contributed by atoms with E-state index in [1.165, 1.54) is 23.3 Å². The molecule has 0 amide bonds. The van der Waals surface area contributed by atoms with Crippen LogP contribution in [0.2, 0.25) is 0 Å². The normalized spacial score (nSPS) is 16.2. The summed E-state index contributed by atoms with van der Waals surface area (Å²) in [5.41, 5.74) is 6.33. The first-order chi connectivity index (χ1) is 8.09. The Hall–Kier alpha value is -1.95. The van der Waals surface area contributed by atoms with Crippen LogP contribution in [0, 0.1) is 5.82 Å². The average molecular weight is 236 g/mol. The van der Waals surface area contributed by atoms with Gasteiger partial charge in [-0.15, -0.1) is 0 Å². The van der Waals surface area contributed by atoms with E-state index in [-0.39, 0.29) is 17.3 Å². The van der Waals surface area contributed by atoms with Gasteiger partial charge in [-0.1, -0.05) is 0 Å². The summed E-state index contributed by atoms with van der Waals surface area (Å²) < 4.78 is 13.0.